The van der Waals surface area contributed by atoms with Crippen molar-refractivity contribution in [3.05, 3.63) is 62.4 Å². The highest BCUT2D eigenvalue weighted by Crippen LogP contribution is 2.20. The maximum Gasteiger partial charge on any atom is 0.328 e. The molecule has 26 heavy (non-hydrogen) atoms. The lowest BCUT2D eigenvalue weighted by Gasteiger charge is -2.05. The van der Waals surface area contributed by atoms with E-state index in [-0.39, 0.29) is 24.3 Å². The second-order valence-electron chi connectivity index (χ2n) is 5.36. The number of furan rings is 1. The molecule has 10 heteroatoms. The zero-order chi connectivity index (χ0) is 18.1. The lowest BCUT2D eigenvalue weighted by Crippen LogP contribution is -2.38. The van der Waals surface area contributed by atoms with Crippen LogP contribution in [-0.2, 0) is 6.54 Å². The summed E-state index contributed by atoms with van der Waals surface area (Å²) in [7, 11) is 0. The number of H-pyrrole nitrogens is 1. The quantitative estimate of drug-likeness (QED) is 0.546. The lowest BCUT2D eigenvalue weighted by atomic mass is 10.3. The Balaban J connectivity index is 1.44. The summed E-state index contributed by atoms with van der Waals surface area (Å²) < 4.78 is 11.7. The molecule has 0 spiro atoms. The summed E-state index contributed by atoms with van der Waals surface area (Å²) in [6, 6.07) is 6.50. The molecule has 0 aliphatic rings. The summed E-state index contributed by atoms with van der Waals surface area (Å²) in [5, 5.41) is 8.02. The van der Waals surface area contributed by atoms with Crippen molar-refractivity contribution in [2.75, 3.05) is 6.54 Å². The third kappa shape index (κ3) is 2.86. The average molecular weight is 372 g/mol. The standard InChI is InChI=1S/C16H12N4O5S/c21-14(10-8-12(25-19-10)11-2-1-6-24-11)17-4-5-20-15(22)13-9(3-7-26-13)18-16(20)23/h1-3,6-8H,4-5H2,(H,17,21)(H,18,23). The van der Waals surface area contributed by atoms with Crippen LogP contribution in [0.3, 0.4) is 0 Å². The van der Waals surface area contributed by atoms with Gasteiger partial charge in [-0.25, -0.2) is 4.79 Å². The van der Waals surface area contributed by atoms with Crippen molar-refractivity contribution >= 4 is 27.5 Å². The molecular formula is C16H12N4O5S. The fourth-order valence-electron chi connectivity index (χ4n) is 2.46. The number of nitrogens with zero attached hydrogens (tertiary/aromatic N) is 2. The molecule has 4 aromatic rings. The summed E-state index contributed by atoms with van der Waals surface area (Å²) >= 11 is 1.25. The van der Waals surface area contributed by atoms with E-state index in [1.54, 1.807) is 23.6 Å². The third-order valence-electron chi connectivity index (χ3n) is 3.72. The molecule has 0 aliphatic carbocycles. The number of aromatic amines is 1. The first kappa shape index (κ1) is 16.1. The first-order chi connectivity index (χ1) is 12.6. The Morgan fingerprint density at radius 2 is 2.19 bits per heavy atom. The Hall–Kier alpha value is -3.40. The van der Waals surface area contributed by atoms with E-state index in [9.17, 15) is 14.4 Å². The normalized spacial score (nSPS) is 11.1. The second kappa shape index (κ2) is 6.48. The predicted molar refractivity (Wildman–Crippen MR) is 93.2 cm³/mol. The molecule has 0 aromatic carbocycles. The number of carbonyl (C=O) groups excluding carboxylic acids is 1. The van der Waals surface area contributed by atoms with Gasteiger partial charge in [0.15, 0.2) is 11.5 Å². The van der Waals surface area contributed by atoms with E-state index < -0.39 is 11.6 Å². The number of thiophene rings is 1. The van der Waals surface area contributed by atoms with Crippen LogP contribution in [0.1, 0.15) is 10.5 Å². The van der Waals surface area contributed by atoms with Gasteiger partial charge in [0, 0.05) is 19.2 Å². The zero-order valence-electron chi connectivity index (χ0n) is 13.2. The summed E-state index contributed by atoms with van der Waals surface area (Å²) in [6.07, 6.45) is 1.48. The molecule has 0 aliphatic heterocycles. The number of amides is 1. The molecule has 4 rings (SSSR count). The van der Waals surface area contributed by atoms with Crippen LogP contribution in [0.25, 0.3) is 21.7 Å². The fraction of sp³-hybridized carbons (Fsp3) is 0.125. The van der Waals surface area contributed by atoms with Gasteiger partial charge in [-0.05, 0) is 23.6 Å². The van der Waals surface area contributed by atoms with Gasteiger partial charge in [-0.3, -0.25) is 14.2 Å². The van der Waals surface area contributed by atoms with Crippen LogP contribution >= 0.6 is 11.3 Å². The van der Waals surface area contributed by atoms with Crippen molar-refractivity contribution in [2.24, 2.45) is 0 Å². The highest BCUT2D eigenvalue weighted by atomic mass is 32.1. The highest BCUT2D eigenvalue weighted by molar-refractivity contribution is 7.17. The molecule has 2 N–H and O–H groups in total. The predicted octanol–water partition coefficient (Wildman–Crippen LogP) is 1.43. The van der Waals surface area contributed by atoms with Gasteiger partial charge in [-0.15, -0.1) is 11.3 Å². The monoisotopic (exact) mass is 372 g/mol. The summed E-state index contributed by atoms with van der Waals surface area (Å²) in [6.45, 7) is 0.123. The number of hydrogen-bond acceptors (Lipinski definition) is 7. The first-order valence-corrected chi connectivity index (χ1v) is 8.50. The molecule has 1 amide bonds. The van der Waals surface area contributed by atoms with Crippen LogP contribution in [0.2, 0.25) is 0 Å². The van der Waals surface area contributed by atoms with Gasteiger partial charge in [0.05, 0.1) is 11.8 Å². The Morgan fingerprint density at radius 3 is 3.00 bits per heavy atom. The number of rotatable bonds is 5. The zero-order valence-corrected chi connectivity index (χ0v) is 14.0. The van der Waals surface area contributed by atoms with E-state index >= 15 is 0 Å². The van der Waals surface area contributed by atoms with Crippen LogP contribution in [-0.4, -0.2) is 27.2 Å². The molecule has 0 atom stereocenters. The summed E-state index contributed by atoms with van der Waals surface area (Å²) in [5.41, 5.74) is -0.309. The van der Waals surface area contributed by atoms with Crippen molar-refractivity contribution in [3.63, 3.8) is 0 Å². The van der Waals surface area contributed by atoms with Crippen molar-refractivity contribution in [3.8, 4) is 11.5 Å². The Morgan fingerprint density at radius 1 is 1.31 bits per heavy atom. The second-order valence-corrected chi connectivity index (χ2v) is 6.28. The molecule has 0 radical (unpaired) electrons. The Bertz CT molecular complexity index is 1180. The number of fused-ring (bicyclic) bond motifs is 1. The molecule has 0 bridgehead atoms. The van der Waals surface area contributed by atoms with E-state index in [0.717, 1.165) is 4.57 Å². The van der Waals surface area contributed by atoms with Gasteiger partial charge in [-0.1, -0.05) is 5.16 Å². The van der Waals surface area contributed by atoms with Crippen LogP contribution in [0.15, 0.2) is 54.4 Å². The van der Waals surface area contributed by atoms with Crippen molar-refractivity contribution < 1.29 is 13.7 Å². The summed E-state index contributed by atoms with van der Waals surface area (Å²) in [5.74, 6) is 0.308. The molecule has 9 nitrogen and oxygen atoms in total. The maximum absolute atomic E-state index is 12.3. The largest absolute Gasteiger partial charge is 0.461 e. The molecule has 4 aromatic heterocycles. The molecular weight excluding hydrogens is 360 g/mol. The van der Waals surface area contributed by atoms with E-state index in [1.807, 2.05) is 0 Å². The van der Waals surface area contributed by atoms with Gasteiger partial charge >= 0.3 is 5.69 Å². The van der Waals surface area contributed by atoms with Crippen LogP contribution in [0.4, 0.5) is 0 Å². The van der Waals surface area contributed by atoms with Gasteiger partial charge in [-0.2, -0.15) is 0 Å². The Kier molecular flexibility index (Phi) is 4.01. The number of carbonyl (C=O) groups is 1. The maximum atomic E-state index is 12.3. The van der Waals surface area contributed by atoms with Crippen molar-refractivity contribution in [1.29, 1.82) is 0 Å². The fourth-order valence-corrected chi connectivity index (χ4v) is 3.26. The molecule has 132 valence electrons. The van der Waals surface area contributed by atoms with E-state index in [1.165, 1.54) is 23.7 Å². The molecule has 4 heterocycles. The van der Waals surface area contributed by atoms with E-state index in [4.69, 9.17) is 8.94 Å². The SMILES string of the molecule is O=C(NCCn1c(=O)[nH]c2ccsc2c1=O)c1cc(-c2ccco2)on1. The molecule has 0 fully saturated rings. The minimum Gasteiger partial charge on any atom is -0.461 e. The first-order valence-electron chi connectivity index (χ1n) is 7.62. The summed E-state index contributed by atoms with van der Waals surface area (Å²) in [4.78, 5) is 39.0. The smallest absolute Gasteiger partial charge is 0.328 e. The van der Waals surface area contributed by atoms with E-state index in [0.29, 0.717) is 21.7 Å². The highest BCUT2D eigenvalue weighted by Gasteiger charge is 2.15. The van der Waals surface area contributed by atoms with Crippen LogP contribution < -0.4 is 16.6 Å². The number of hydrogen-bond donors (Lipinski definition) is 2. The van der Waals surface area contributed by atoms with Gasteiger partial charge in [0.2, 0.25) is 5.76 Å². The minimum atomic E-state index is -0.517. The van der Waals surface area contributed by atoms with Crippen LogP contribution in [0.5, 0.6) is 0 Å². The third-order valence-corrected chi connectivity index (χ3v) is 4.62. The van der Waals surface area contributed by atoms with E-state index in [2.05, 4.69) is 15.5 Å². The number of aromatic nitrogens is 3. The van der Waals surface area contributed by atoms with Gasteiger partial charge in [0.25, 0.3) is 11.5 Å². The van der Waals surface area contributed by atoms with Gasteiger partial charge < -0.3 is 19.2 Å². The minimum absolute atomic E-state index is 0.0383. The van der Waals surface area contributed by atoms with Gasteiger partial charge in [0.1, 0.15) is 4.70 Å². The Labute approximate surface area is 148 Å². The average Bonchev–Trinajstić information content (AvgIpc) is 3.37. The molecule has 0 saturated heterocycles. The van der Waals surface area contributed by atoms with Crippen molar-refractivity contribution in [2.45, 2.75) is 6.54 Å². The molecule has 0 unspecified atom stereocenters. The molecule has 0 saturated carbocycles. The number of nitrogens with one attached hydrogen (secondary N) is 2. The lowest BCUT2D eigenvalue weighted by molar-refractivity contribution is 0.0943. The topological polar surface area (TPSA) is 123 Å². The van der Waals surface area contributed by atoms with Crippen molar-refractivity contribution in [1.82, 2.24) is 20.0 Å². The van der Waals surface area contributed by atoms with Crippen LogP contribution in [0, 0.1) is 0 Å².